The van der Waals surface area contributed by atoms with Crippen molar-refractivity contribution in [2.45, 2.75) is 41.0 Å². The van der Waals surface area contributed by atoms with Crippen LogP contribution in [0.15, 0.2) is 18.2 Å². The van der Waals surface area contributed by atoms with E-state index in [1.165, 1.54) is 16.7 Å². The maximum atomic E-state index is 5.95. The van der Waals surface area contributed by atoms with Crippen molar-refractivity contribution in [3.05, 3.63) is 40.6 Å². The van der Waals surface area contributed by atoms with Gasteiger partial charge in [-0.25, -0.2) is 9.97 Å². The molecule has 2 aromatic rings. The highest BCUT2D eigenvalue weighted by molar-refractivity contribution is 5.66. The Morgan fingerprint density at radius 2 is 1.60 bits per heavy atom. The Kier molecular flexibility index (Phi) is 4.07. The minimum absolute atomic E-state index is 0.546. The Bertz CT molecular complexity index is 607. The molecule has 0 fully saturated rings. The van der Waals surface area contributed by atoms with Gasteiger partial charge in [0.05, 0.1) is 0 Å². The topological polar surface area (TPSA) is 51.8 Å². The van der Waals surface area contributed by atoms with E-state index in [9.17, 15) is 0 Å². The summed E-state index contributed by atoms with van der Waals surface area (Å²) in [7, 11) is 0. The molecule has 1 aromatic heterocycles. The molecule has 0 bridgehead atoms. The number of aromatic nitrogens is 2. The van der Waals surface area contributed by atoms with Crippen LogP contribution in [0, 0.1) is 26.7 Å². The zero-order chi connectivity index (χ0) is 14.9. The van der Waals surface area contributed by atoms with Crippen LogP contribution in [0.2, 0.25) is 0 Å². The van der Waals surface area contributed by atoms with Crippen molar-refractivity contribution in [2.75, 3.05) is 5.73 Å². The Hall–Kier alpha value is -1.90. The first kappa shape index (κ1) is 14.5. The summed E-state index contributed by atoms with van der Waals surface area (Å²) in [4.78, 5) is 9.13. The van der Waals surface area contributed by atoms with Gasteiger partial charge in [-0.3, -0.25) is 0 Å². The molecule has 0 aliphatic heterocycles. The van der Waals surface area contributed by atoms with Gasteiger partial charge in [-0.2, -0.15) is 0 Å². The quantitative estimate of drug-likeness (QED) is 0.920. The monoisotopic (exact) mass is 269 g/mol. The molecule has 0 aliphatic carbocycles. The van der Waals surface area contributed by atoms with Crippen LogP contribution in [0.5, 0.6) is 0 Å². The van der Waals surface area contributed by atoms with Crippen molar-refractivity contribution < 1.29 is 0 Å². The highest BCUT2D eigenvalue weighted by Gasteiger charge is 2.12. The number of benzene rings is 1. The summed E-state index contributed by atoms with van der Waals surface area (Å²) in [5, 5.41) is 0. The van der Waals surface area contributed by atoms with E-state index in [1.807, 2.05) is 6.07 Å². The summed E-state index contributed by atoms with van der Waals surface area (Å²) in [6.07, 6.45) is 0.920. The summed E-state index contributed by atoms with van der Waals surface area (Å²) in [5.41, 5.74) is 11.7. The van der Waals surface area contributed by atoms with E-state index in [1.54, 1.807) is 0 Å². The molecule has 0 amide bonds. The van der Waals surface area contributed by atoms with E-state index in [4.69, 9.17) is 10.7 Å². The maximum absolute atomic E-state index is 5.95. The van der Waals surface area contributed by atoms with Crippen molar-refractivity contribution in [1.82, 2.24) is 9.97 Å². The molecule has 2 N–H and O–H groups in total. The molecule has 0 unspecified atom stereocenters. The Morgan fingerprint density at radius 3 is 2.15 bits per heavy atom. The molecule has 1 aromatic carbocycles. The lowest BCUT2D eigenvalue weighted by Gasteiger charge is -2.12. The first-order valence-corrected chi connectivity index (χ1v) is 7.08. The molecular weight excluding hydrogens is 246 g/mol. The molecule has 3 nitrogen and oxygen atoms in total. The fourth-order valence-corrected chi connectivity index (χ4v) is 2.69. The number of nitrogens with zero attached hydrogens (tertiary/aromatic N) is 2. The fraction of sp³-hybridized carbons (Fsp3) is 0.412. The van der Waals surface area contributed by atoms with Gasteiger partial charge in [0.2, 0.25) is 0 Å². The van der Waals surface area contributed by atoms with Crippen molar-refractivity contribution in [1.29, 1.82) is 0 Å². The molecule has 2 rings (SSSR count). The number of nitrogen functional groups attached to an aromatic ring is 1. The van der Waals surface area contributed by atoms with Crippen molar-refractivity contribution in [2.24, 2.45) is 5.92 Å². The highest BCUT2D eigenvalue weighted by atomic mass is 14.9. The normalized spacial score (nSPS) is 11.1. The number of aryl methyl sites for hydroxylation is 3. The minimum Gasteiger partial charge on any atom is -0.384 e. The summed E-state index contributed by atoms with van der Waals surface area (Å²) in [5.74, 6) is 1.85. The zero-order valence-electron chi connectivity index (χ0n) is 13.0. The third-order valence-corrected chi connectivity index (χ3v) is 3.32. The lowest BCUT2D eigenvalue weighted by molar-refractivity contribution is 0.635. The molecule has 0 radical (unpaired) electrons. The van der Waals surface area contributed by atoms with Gasteiger partial charge in [-0.1, -0.05) is 31.5 Å². The Balaban J connectivity index is 2.55. The Labute approximate surface area is 121 Å². The first-order valence-electron chi connectivity index (χ1n) is 7.08. The molecule has 20 heavy (non-hydrogen) atoms. The van der Waals surface area contributed by atoms with E-state index < -0.39 is 0 Å². The Morgan fingerprint density at radius 1 is 1.00 bits per heavy atom. The maximum Gasteiger partial charge on any atom is 0.162 e. The largest absolute Gasteiger partial charge is 0.384 e. The molecule has 1 heterocycles. The van der Waals surface area contributed by atoms with Gasteiger partial charge in [0.1, 0.15) is 5.82 Å². The van der Waals surface area contributed by atoms with E-state index in [0.717, 1.165) is 23.5 Å². The number of hydrogen-bond acceptors (Lipinski definition) is 3. The predicted molar refractivity (Wildman–Crippen MR) is 84.6 cm³/mol. The molecule has 106 valence electrons. The molecule has 0 saturated carbocycles. The van der Waals surface area contributed by atoms with Gasteiger partial charge in [-0.05, 0) is 44.2 Å². The number of anilines is 1. The lowest BCUT2D eigenvalue weighted by atomic mass is 9.99. The van der Waals surface area contributed by atoms with Crippen LogP contribution in [0.1, 0.15) is 36.2 Å². The summed E-state index contributed by atoms with van der Waals surface area (Å²) in [6.45, 7) is 10.7. The van der Waals surface area contributed by atoms with Crippen molar-refractivity contribution >= 4 is 5.82 Å². The molecule has 3 heteroatoms. The summed E-state index contributed by atoms with van der Waals surface area (Å²) in [6, 6.07) is 6.20. The second-order valence-electron chi connectivity index (χ2n) is 5.98. The minimum atomic E-state index is 0.546. The molecule has 0 atom stereocenters. The standard InChI is InChI=1S/C17H23N3/c1-10(2)6-14-9-15(18)20-17(19-14)16-12(4)7-11(3)8-13(16)5/h7-10H,6H2,1-5H3,(H2,18,19,20). The first-order chi connectivity index (χ1) is 9.36. The zero-order valence-corrected chi connectivity index (χ0v) is 13.0. The van der Waals surface area contributed by atoms with Gasteiger partial charge in [0.25, 0.3) is 0 Å². The van der Waals surface area contributed by atoms with Crippen LogP contribution >= 0.6 is 0 Å². The molecule has 0 aliphatic rings. The third kappa shape index (κ3) is 3.16. The average molecular weight is 269 g/mol. The molecule has 0 spiro atoms. The van der Waals surface area contributed by atoms with Crippen LogP contribution in [0.4, 0.5) is 5.82 Å². The summed E-state index contributed by atoms with van der Waals surface area (Å²) >= 11 is 0. The van der Waals surface area contributed by atoms with Crippen molar-refractivity contribution in [3.8, 4) is 11.4 Å². The van der Waals surface area contributed by atoms with Gasteiger partial charge in [-0.15, -0.1) is 0 Å². The summed E-state index contributed by atoms with van der Waals surface area (Å²) < 4.78 is 0. The number of nitrogens with two attached hydrogens (primary N) is 1. The van der Waals surface area contributed by atoms with Gasteiger partial charge >= 0.3 is 0 Å². The van der Waals surface area contributed by atoms with E-state index in [2.05, 4.69) is 51.7 Å². The van der Waals surface area contributed by atoms with Crippen LogP contribution in [-0.2, 0) is 6.42 Å². The second-order valence-corrected chi connectivity index (χ2v) is 5.98. The second kappa shape index (κ2) is 5.61. The van der Waals surface area contributed by atoms with E-state index in [0.29, 0.717) is 11.7 Å². The fourth-order valence-electron chi connectivity index (χ4n) is 2.69. The van der Waals surface area contributed by atoms with E-state index >= 15 is 0 Å². The number of rotatable bonds is 3. The van der Waals surface area contributed by atoms with Gasteiger partial charge in [0.15, 0.2) is 5.82 Å². The van der Waals surface area contributed by atoms with Gasteiger partial charge in [0, 0.05) is 17.3 Å². The SMILES string of the molecule is Cc1cc(C)c(-c2nc(N)cc(CC(C)C)n2)c(C)c1. The van der Waals surface area contributed by atoms with Crippen LogP contribution in [0.3, 0.4) is 0 Å². The molecular formula is C17H23N3. The smallest absolute Gasteiger partial charge is 0.162 e. The molecule has 0 saturated heterocycles. The lowest BCUT2D eigenvalue weighted by Crippen LogP contribution is -2.05. The average Bonchev–Trinajstić information content (AvgIpc) is 2.25. The van der Waals surface area contributed by atoms with Gasteiger partial charge < -0.3 is 5.73 Å². The van der Waals surface area contributed by atoms with Crippen LogP contribution in [0.25, 0.3) is 11.4 Å². The van der Waals surface area contributed by atoms with Crippen molar-refractivity contribution in [3.63, 3.8) is 0 Å². The number of hydrogen-bond donors (Lipinski definition) is 1. The third-order valence-electron chi connectivity index (χ3n) is 3.32. The van der Waals surface area contributed by atoms with E-state index in [-0.39, 0.29) is 0 Å². The van der Waals surface area contributed by atoms with Crippen LogP contribution < -0.4 is 5.73 Å². The van der Waals surface area contributed by atoms with Crippen LogP contribution in [-0.4, -0.2) is 9.97 Å². The predicted octanol–water partition coefficient (Wildman–Crippen LogP) is 3.85. The highest BCUT2D eigenvalue weighted by Crippen LogP contribution is 2.26.